The van der Waals surface area contributed by atoms with Gasteiger partial charge in [-0.1, -0.05) is 23.7 Å². The Kier molecular flexibility index (Phi) is 1.30. The van der Waals surface area contributed by atoms with Gasteiger partial charge in [-0.3, -0.25) is 0 Å². The highest BCUT2D eigenvalue weighted by Gasteiger charge is 1.94. The number of aryl methyl sites for hydroxylation is 1. The maximum Gasteiger partial charge on any atom is 0.0638 e. The van der Waals surface area contributed by atoms with Gasteiger partial charge in [-0.25, -0.2) is 0 Å². The molecule has 1 nitrogen and oxygen atoms in total. The van der Waals surface area contributed by atoms with E-state index in [0.717, 1.165) is 5.56 Å². The highest BCUT2D eigenvalue weighted by molar-refractivity contribution is 6.33. The molecule has 1 aromatic carbocycles. The monoisotopic (exact) mass is 142 g/mol. The first kappa shape index (κ1) is 5.12. The van der Waals surface area contributed by atoms with Crippen LogP contribution in [0.15, 0.2) is 18.2 Å². The van der Waals surface area contributed by atoms with Gasteiger partial charge in [0.05, 0.1) is 12.1 Å². The van der Waals surface area contributed by atoms with E-state index in [2.05, 4.69) is 0 Å². The van der Waals surface area contributed by atoms with Gasteiger partial charge in [0.15, 0.2) is 0 Å². The predicted octanol–water partition coefficient (Wildman–Crippen LogP) is 2.23. The van der Waals surface area contributed by atoms with Crippen LogP contribution < -0.4 is 5.73 Å². The molecular formula is C7H8ClN. The lowest BCUT2D eigenvalue weighted by Gasteiger charge is -1.98. The van der Waals surface area contributed by atoms with Gasteiger partial charge in [0.2, 0.25) is 0 Å². The predicted molar refractivity (Wildman–Crippen MR) is 40.6 cm³/mol. The molecule has 0 heterocycles. The summed E-state index contributed by atoms with van der Waals surface area (Å²) in [4.78, 5) is 0. The number of benzene rings is 1. The van der Waals surface area contributed by atoms with Crippen LogP contribution in [-0.2, 0) is 0 Å². The number of nitrogens with two attached hydrogens (primary N) is 1. The van der Waals surface area contributed by atoms with E-state index in [-0.39, 0.29) is 0 Å². The maximum absolute atomic E-state index is 7.23. The summed E-state index contributed by atoms with van der Waals surface area (Å²) in [6, 6.07) is 3.61. The first-order chi connectivity index (χ1) is 4.61. The minimum atomic E-state index is 0.400. The molecule has 1 aromatic rings. The van der Waals surface area contributed by atoms with Crippen LogP contribution in [0, 0.1) is 6.92 Å². The van der Waals surface area contributed by atoms with E-state index in [0.29, 0.717) is 16.8 Å². The zero-order valence-corrected chi connectivity index (χ0v) is 5.87. The Morgan fingerprint density at radius 3 is 2.89 bits per heavy atom. The molecule has 0 aliphatic carbocycles. The minimum absolute atomic E-state index is 0.400. The van der Waals surface area contributed by atoms with Crippen molar-refractivity contribution in [3.05, 3.63) is 28.8 Å². The van der Waals surface area contributed by atoms with Crippen LogP contribution in [0.25, 0.3) is 0 Å². The van der Waals surface area contributed by atoms with E-state index in [1.807, 2.05) is 6.92 Å². The fourth-order valence-electron chi connectivity index (χ4n) is 0.584. The molecule has 2 N–H and O–H groups in total. The Morgan fingerprint density at radius 1 is 1.67 bits per heavy atom. The number of hydrogen-bond donors (Lipinski definition) is 1. The molecule has 0 aliphatic heterocycles. The van der Waals surface area contributed by atoms with Crippen molar-refractivity contribution in [2.75, 3.05) is 5.73 Å². The molecular weight excluding hydrogens is 134 g/mol. The van der Waals surface area contributed by atoms with Gasteiger partial charge in [0.25, 0.3) is 0 Å². The molecule has 0 aliphatic rings. The molecule has 0 unspecified atom stereocenters. The van der Waals surface area contributed by atoms with Gasteiger partial charge in [0.1, 0.15) is 0 Å². The highest BCUT2D eigenvalue weighted by atomic mass is 35.5. The van der Waals surface area contributed by atoms with Crippen molar-refractivity contribution in [1.82, 2.24) is 0 Å². The molecule has 1 rings (SSSR count). The second-order valence-electron chi connectivity index (χ2n) is 1.90. The number of rotatable bonds is 0. The van der Waals surface area contributed by atoms with Crippen LogP contribution in [-0.4, -0.2) is 0 Å². The molecule has 9 heavy (non-hydrogen) atoms. The molecule has 0 atom stereocenters. The smallest absolute Gasteiger partial charge is 0.0638 e. The van der Waals surface area contributed by atoms with Crippen LogP contribution in [0.2, 0.25) is 5.02 Å². The molecule has 0 saturated heterocycles. The first-order valence-electron chi connectivity index (χ1n) is 3.13. The second-order valence-corrected chi connectivity index (χ2v) is 2.31. The summed E-state index contributed by atoms with van der Waals surface area (Å²) in [7, 11) is 0. The second kappa shape index (κ2) is 2.28. The van der Waals surface area contributed by atoms with Gasteiger partial charge in [-0.2, -0.15) is 0 Å². The van der Waals surface area contributed by atoms with Crippen LogP contribution >= 0.6 is 11.6 Å². The van der Waals surface area contributed by atoms with Crippen molar-refractivity contribution in [3.8, 4) is 0 Å². The molecule has 0 amide bonds. The Labute approximate surface area is 60.8 Å². The van der Waals surface area contributed by atoms with E-state index < -0.39 is 0 Å². The molecule has 0 bridgehead atoms. The van der Waals surface area contributed by atoms with Crippen molar-refractivity contribution in [1.29, 1.82) is 0 Å². The summed E-state index contributed by atoms with van der Waals surface area (Å²) in [5.74, 6) is 0. The number of hydrogen-bond acceptors (Lipinski definition) is 1. The topological polar surface area (TPSA) is 26.0 Å². The van der Waals surface area contributed by atoms with Crippen LogP contribution in [0.5, 0.6) is 0 Å². The largest absolute Gasteiger partial charge is 0.397 e. The van der Waals surface area contributed by atoms with Crippen LogP contribution in [0.3, 0.4) is 0 Å². The Bertz CT molecular complexity index is 237. The molecule has 0 spiro atoms. The number of halogens is 1. The SMILES string of the molecule is [2H]c1cc(C)c(N)c(Cl)c1. The molecule has 48 valence electrons. The van der Waals surface area contributed by atoms with E-state index in [9.17, 15) is 0 Å². The van der Waals surface area contributed by atoms with E-state index in [4.69, 9.17) is 18.7 Å². The Balaban J connectivity index is 3.31. The molecule has 0 saturated carbocycles. The third-order valence-corrected chi connectivity index (χ3v) is 1.50. The van der Waals surface area contributed by atoms with Gasteiger partial charge < -0.3 is 5.73 Å². The lowest BCUT2D eigenvalue weighted by molar-refractivity contribution is 1.47. The fraction of sp³-hybridized carbons (Fsp3) is 0.143. The first-order valence-corrected chi connectivity index (χ1v) is 3.01. The molecule has 0 aromatic heterocycles. The third-order valence-electron chi connectivity index (χ3n) is 1.19. The maximum atomic E-state index is 7.23. The van der Waals surface area contributed by atoms with Crippen molar-refractivity contribution < 1.29 is 1.37 Å². The summed E-state index contributed by atoms with van der Waals surface area (Å²) in [5, 5.41) is 0.463. The number of para-hydroxylation sites is 1. The van der Waals surface area contributed by atoms with Crippen molar-refractivity contribution in [2.24, 2.45) is 0 Å². The Hall–Kier alpha value is -0.690. The molecule has 2 heteroatoms. The fourth-order valence-corrected chi connectivity index (χ4v) is 0.796. The van der Waals surface area contributed by atoms with Crippen molar-refractivity contribution >= 4 is 17.3 Å². The standard InChI is InChI=1S/C7H8ClN/c1-5-3-2-4-6(8)7(5)9/h2-4H,9H2,1H3/i2D. The average Bonchev–Trinajstić information content (AvgIpc) is 1.82. The summed E-state index contributed by atoms with van der Waals surface area (Å²) < 4.78 is 7.23. The molecule has 0 radical (unpaired) electrons. The van der Waals surface area contributed by atoms with Crippen LogP contribution in [0.4, 0.5) is 5.69 Å². The average molecular weight is 143 g/mol. The van der Waals surface area contributed by atoms with Gasteiger partial charge in [0, 0.05) is 0 Å². The lowest BCUT2D eigenvalue weighted by Crippen LogP contribution is -1.88. The minimum Gasteiger partial charge on any atom is -0.397 e. The molecule has 0 fully saturated rings. The summed E-state index contributed by atoms with van der Waals surface area (Å²) in [5.41, 5.74) is 6.96. The third kappa shape index (κ3) is 1.16. The lowest BCUT2D eigenvalue weighted by atomic mass is 10.2. The number of anilines is 1. The zero-order valence-electron chi connectivity index (χ0n) is 6.11. The van der Waals surface area contributed by atoms with Crippen molar-refractivity contribution in [3.63, 3.8) is 0 Å². The summed E-state index contributed by atoms with van der Waals surface area (Å²) in [6.07, 6.45) is 0. The normalized spacial score (nSPS) is 11.1. The zero-order chi connectivity index (χ0) is 7.72. The van der Waals surface area contributed by atoms with E-state index in [1.165, 1.54) is 6.07 Å². The van der Waals surface area contributed by atoms with E-state index in [1.54, 1.807) is 6.07 Å². The van der Waals surface area contributed by atoms with Gasteiger partial charge in [-0.05, 0) is 18.6 Å². The highest BCUT2D eigenvalue weighted by Crippen LogP contribution is 2.20. The number of nitrogen functional groups attached to an aromatic ring is 1. The van der Waals surface area contributed by atoms with Gasteiger partial charge in [-0.15, -0.1) is 0 Å². The van der Waals surface area contributed by atoms with Crippen molar-refractivity contribution in [2.45, 2.75) is 6.92 Å². The van der Waals surface area contributed by atoms with Gasteiger partial charge >= 0.3 is 0 Å². The summed E-state index contributed by atoms with van der Waals surface area (Å²) >= 11 is 5.67. The van der Waals surface area contributed by atoms with E-state index >= 15 is 0 Å². The van der Waals surface area contributed by atoms with Crippen LogP contribution in [0.1, 0.15) is 6.93 Å². The Morgan fingerprint density at radius 2 is 2.33 bits per heavy atom. The summed E-state index contributed by atoms with van der Waals surface area (Å²) in [6.45, 7) is 1.83. The quantitative estimate of drug-likeness (QED) is 0.553.